The van der Waals surface area contributed by atoms with Crippen molar-refractivity contribution in [3.05, 3.63) is 102 Å². The number of aryl methyl sites for hydroxylation is 3. The van der Waals surface area contributed by atoms with E-state index in [-0.39, 0.29) is 11.6 Å². The molecule has 0 atom stereocenters. The Morgan fingerprint density at radius 1 is 0.853 bits per heavy atom. The molecule has 0 saturated heterocycles. The van der Waals surface area contributed by atoms with Crippen molar-refractivity contribution in [2.24, 2.45) is 0 Å². The SMILES string of the molecule is C=CCCc1cnc(-c2ccc3c(F)c(CCc4ccc(OC(F)(F)F)cc4)ccc3c2)nc1. The van der Waals surface area contributed by atoms with Crippen LogP contribution in [0.3, 0.4) is 0 Å². The molecule has 0 aliphatic heterocycles. The molecular weight excluding hydrogens is 444 g/mol. The second-order valence-electron chi connectivity index (χ2n) is 7.91. The zero-order chi connectivity index (χ0) is 24.1. The van der Waals surface area contributed by atoms with Gasteiger partial charge in [-0.05, 0) is 66.0 Å². The summed E-state index contributed by atoms with van der Waals surface area (Å²) in [5.74, 6) is -0.00669. The Hall–Kier alpha value is -3.74. The topological polar surface area (TPSA) is 35.0 Å². The first-order valence-corrected chi connectivity index (χ1v) is 10.8. The van der Waals surface area contributed by atoms with E-state index in [0.717, 1.165) is 34.9 Å². The maximum absolute atomic E-state index is 15.1. The number of halogens is 4. The third-order valence-electron chi connectivity index (χ3n) is 5.47. The quantitative estimate of drug-likeness (QED) is 0.203. The Morgan fingerprint density at radius 2 is 1.59 bits per heavy atom. The van der Waals surface area contributed by atoms with Crippen molar-refractivity contribution < 1.29 is 22.3 Å². The van der Waals surface area contributed by atoms with Crippen LogP contribution in [-0.2, 0) is 19.3 Å². The van der Waals surface area contributed by atoms with E-state index < -0.39 is 6.36 Å². The second kappa shape index (κ2) is 10.0. The van der Waals surface area contributed by atoms with E-state index in [0.29, 0.717) is 29.6 Å². The Morgan fingerprint density at radius 3 is 2.26 bits per heavy atom. The molecule has 0 radical (unpaired) electrons. The predicted molar refractivity (Wildman–Crippen MR) is 124 cm³/mol. The molecule has 7 heteroatoms. The van der Waals surface area contributed by atoms with E-state index in [2.05, 4.69) is 21.3 Å². The highest BCUT2D eigenvalue weighted by molar-refractivity contribution is 5.87. The minimum Gasteiger partial charge on any atom is -0.406 e. The van der Waals surface area contributed by atoms with Crippen LogP contribution in [0, 0.1) is 5.82 Å². The summed E-state index contributed by atoms with van der Waals surface area (Å²) in [6, 6.07) is 14.6. The van der Waals surface area contributed by atoms with Crippen LogP contribution in [0.5, 0.6) is 5.75 Å². The van der Waals surface area contributed by atoms with Crippen LogP contribution in [0.15, 0.2) is 79.6 Å². The lowest BCUT2D eigenvalue weighted by Gasteiger charge is -2.10. The molecule has 0 bridgehead atoms. The van der Waals surface area contributed by atoms with Crippen molar-refractivity contribution in [2.45, 2.75) is 32.0 Å². The molecule has 3 nitrogen and oxygen atoms in total. The lowest BCUT2D eigenvalue weighted by Crippen LogP contribution is -2.17. The summed E-state index contributed by atoms with van der Waals surface area (Å²) in [6.45, 7) is 3.71. The molecule has 174 valence electrons. The molecule has 1 aromatic heterocycles. The van der Waals surface area contributed by atoms with Gasteiger partial charge in [0.25, 0.3) is 0 Å². The lowest BCUT2D eigenvalue weighted by molar-refractivity contribution is -0.274. The highest BCUT2D eigenvalue weighted by Crippen LogP contribution is 2.27. The van der Waals surface area contributed by atoms with Crippen molar-refractivity contribution in [1.29, 1.82) is 0 Å². The van der Waals surface area contributed by atoms with Gasteiger partial charge in [0, 0.05) is 23.3 Å². The summed E-state index contributed by atoms with van der Waals surface area (Å²) in [4.78, 5) is 8.85. The van der Waals surface area contributed by atoms with Crippen molar-refractivity contribution in [3.8, 4) is 17.1 Å². The van der Waals surface area contributed by atoms with Crippen LogP contribution in [-0.4, -0.2) is 16.3 Å². The summed E-state index contributed by atoms with van der Waals surface area (Å²) in [5.41, 5.74) is 3.16. The van der Waals surface area contributed by atoms with Crippen LogP contribution in [0.1, 0.15) is 23.1 Å². The number of fused-ring (bicyclic) bond motifs is 1. The summed E-state index contributed by atoms with van der Waals surface area (Å²) < 4.78 is 55.9. The lowest BCUT2D eigenvalue weighted by atomic mass is 9.99. The summed E-state index contributed by atoms with van der Waals surface area (Å²) in [6.07, 6.45) is 3.30. The molecule has 0 unspecified atom stereocenters. The molecule has 0 aliphatic rings. The molecule has 0 N–H and O–H groups in total. The number of ether oxygens (including phenoxy) is 1. The van der Waals surface area contributed by atoms with Gasteiger partial charge in [-0.25, -0.2) is 14.4 Å². The van der Waals surface area contributed by atoms with Crippen molar-refractivity contribution in [2.75, 3.05) is 0 Å². The Bertz CT molecular complexity index is 1280. The third kappa shape index (κ3) is 5.78. The number of alkyl halides is 3. The van der Waals surface area contributed by atoms with E-state index in [1.807, 2.05) is 18.2 Å². The van der Waals surface area contributed by atoms with Crippen molar-refractivity contribution in [3.63, 3.8) is 0 Å². The zero-order valence-electron chi connectivity index (χ0n) is 18.3. The molecule has 0 spiro atoms. The fourth-order valence-corrected chi connectivity index (χ4v) is 3.71. The molecule has 0 fully saturated rings. The highest BCUT2D eigenvalue weighted by atomic mass is 19.4. The fraction of sp³-hybridized carbons (Fsp3) is 0.185. The van der Waals surface area contributed by atoms with Gasteiger partial charge in [-0.1, -0.05) is 42.5 Å². The normalized spacial score (nSPS) is 11.5. The molecular formula is C27H22F4N2O. The van der Waals surface area contributed by atoms with Crippen LogP contribution in [0.25, 0.3) is 22.2 Å². The number of aromatic nitrogens is 2. The average Bonchev–Trinajstić information content (AvgIpc) is 2.82. The smallest absolute Gasteiger partial charge is 0.406 e. The van der Waals surface area contributed by atoms with Crippen molar-refractivity contribution in [1.82, 2.24) is 9.97 Å². The molecule has 1 heterocycles. The molecule has 0 aliphatic carbocycles. The van der Waals surface area contributed by atoms with E-state index >= 15 is 4.39 Å². The molecule has 3 aromatic carbocycles. The largest absolute Gasteiger partial charge is 0.573 e. The van der Waals surface area contributed by atoms with Crippen LogP contribution < -0.4 is 4.74 Å². The van der Waals surface area contributed by atoms with E-state index in [9.17, 15) is 13.2 Å². The third-order valence-corrected chi connectivity index (χ3v) is 5.47. The second-order valence-corrected chi connectivity index (χ2v) is 7.91. The standard InChI is InChI=1S/C27H22F4N2O/c1-2-3-4-19-16-32-26(33-17-19)22-11-14-24-21(15-22)10-9-20(25(24)28)8-5-18-6-12-23(13-7-18)34-27(29,30)31/h2,6-7,9-17H,1,3-5,8H2. The first-order valence-electron chi connectivity index (χ1n) is 10.8. The van der Waals surface area contributed by atoms with Gasteiger partial charge in [0.05, 0.1) is 0 Å². The molecule has 4 aromatic rings. The zero-order valence-corrected chi connectivity index (χ0v) is 18.3. The Balaban J connectivity index is 1.47. The van der Waals surface area contributed by atoms with Crippen LogP contribution >= 0.6 is 0 Å². The summed E-state index contributed by atoms with van der Waals surface area (Å²) >= 11 is 0. The highest BCUT2D eigenvalue weighted by Gasteiger charge is 2.30. The number of nitrogens with zero attached hydrogens (tertiary/aromatic N) is 2. The average molecular weight is 466 g/mol. The number of rotatable bonds is 8. The monoisotopic (exact) mass is 466 g/mol. The molecule has 4 rings (SSSR count). The summed E-state index contributed by atoms with van der Waals surface area (Å²) in [5, 5.41) is 1.24. The number of benzene rings is 3. The van der Waals surface area contributed by atoms with Gasteiger partial charge in [-0.3, -0.25) is 0 Å². The van der Waals surface area contributed by atoms with Crippen LogP contribution in [0.2, 0.25) is 0 Å². The fourth-order valence-electron chi connectivity index (χ4n) is 3.71. The van der Waals surface area contributed by atoms with Gasteiger partial charge in [-0.15, -0.1) is 19.8 Å². The maximum atomic E-state index is 15.1. The first-order chi connectivity index (χ1) is 16.3. The Kier molecular flexibility index (Phi) is 6.91. The van der Waals surface area contributed by atoms with Gasteiger partial charge < -0.3 is 4.74 Å². The molecule has 34 heavy (non-hydrogen) atoms. The van der Waals surface area contributed by atoms with Crippen LogP contribution in [0.4, 0.5) is 17.6 Å². The van der Waals surface area contributed by atoms with Gasteiger partial charge in [0.2, 0.25) is 0 Å². The summed E-state index contributed by atoms with van der Waals surface area (Å²) in [7, 11) is 0. The minimum absolute atomic E-state index is 0.278. The molecule has 0 amide bonds. The first kappa shape index (κ1) is 23.4. The van der Waals surface area contributed by atoms with E-state index in [4.69, 9.17) is 0 Å². The number of allylic oxidation sites excluding steroid dienone is 1. The minimum atomic E-state index is -4.73. The predicted octanol–water partition coefficient (Wildman–Crippen LogP) is 7.24. The number of hydrogen-bond donors (Lipinski definition) is 0. The number of hydrogen-bond acceptors (Lipinski definition) is 3. The van der Waals surface area contributed by atoms with Gasteiger partial charge in [0.1, 0.15) is 11.6 Å². The van der Waals surface area contributed by atoms with Gasteiger partial charge in [-0.2, -0.15) is 0 Å². The van der Waals surface area contributed by atoms with E-state index in [1.54, 1.807) is 42.7 Å². The van der Waals surface area contributed by atoms with E-state index in [1.165, 1.54) is 12.1 Å². The Labute approximate surface area is 194 Å². The van der Waals surface area contributed by atoms with Gasteiger partial charge in [0.15, 0.2) is 5.82 Å². The molecule has 0 saturated carbocycles. The van der Waals surface area contributed by atoms with Gasteiger partial charge >= 0.3 is 6.36 Å². The maximum Gasteiger partial charge on any atom is 0.573 e. The van der Waals surface area contributed by atoms with Crippen molar-refractivity contribution >= 4 is 10.8 Å².